The van der Waals surface area contributed by atoms with Gasteiger partial charge in [0.2, 0.25) is 0 Å². The minimum Gasteiger partial charge on any atom is -0.390 e. The van der Waals surface area contributed by atoms with Crippen molar-refractivity contribution in [3.8, 4) is 0 Å². The Morgan fingerprint density at radius 1 is 1.38 bits per heavy atom. The van der Waals surface area contributed by atoms with E-state index in [1.54, 1.807) is 11.3 Å². The molecule has 3 nitrogen and oxygen atoms in total. The summed E-state index contributed by atoms with van der Waals surface area (Å²) in [5.74, 6) is 0.338. The Morgan fingerprint density at radius 3 is 2.67 bits per heavy atom. The van der Waals surface area contributed by atoms with Gasteiger partial charge in [-0.2, -0.15) is 0 Å². The molecule has 1 aromatic rings. The quantitative estimate of drug-likeness (QED) is 0.471. The predicted octanol–water partition coefficient (Wildman–Crippen LogP) is 5.09. The molecule has 1 aliphatic carbocycles. The van der Waals surface area contributed by atoms with Crippen LogP contribution in [0, 0.1) is 5.92 Å². The number of rotatable bonds is 8. The van der Waals surface area contributed by atoms with Gasteiger partial charge in [0.25, 0.3) is 0 Å². The first-order valence-electron chi connectivity index (χ1n) is 9.15. The van der Waals surface area contributed by atoms with E-state index in [4.69, 9.17) is 4.18 Å². The summed E-state index contributed by atoms with van der Waals surface area (Å²) in [5.41, 5.74) is 0. The zero-order chi connectivity index (χ0) is 17.6. The van der Waals surface area contributed by atoms with Crippen LogP contribution in [-0.4, -0.2) is 42.9 Å². The Kier molecular flexibility index (Phi) is 7.63. The SMILES string of the molecule is CC[N+](C)(C)CC(C)SOC(=O)C(c1cccs1)C1CCCCC1. The molecule has 1 aliphatic rings. The van der Waals surface area contributed by atoms with Crippen molar-refractivity contribution in [1.29, 1.82) is 0 Å². The summed E-state index contributed by atoms with van der Waals surface area (Å²) in [6.45, 7) is 6.42. The Bertz CT molecular complexity index is 495. The van der Waals surface area contributed by atoms with E-state index in [0.717, 1.165) is 30.4 Å². The standard InChI is InChI=1S/C19H32NO2S2/c1-5-20(3,4)14-15(2)24-22-19(21)18(17-12-9-13-23-17)16-10-7-6-8-11-16/h9,12-13,15-16,18H,5-8,10-11,14H2,1-4H3/q+1. The summed E-state index contributed by atoms with van der Waals surface area (Å²) < 4.78 is 6.65. The van der Waals surface area contributed by atoms with E-state index in [-0.39, 0.29) is 11.9 Å². The monoisotopic (exact) mass is 370 g/mol. The molecule has 2 unspecified atom stereocenters. The summed E-state index contributed by atoms with van der Waals surface area (Å²) in [6.07, 6.45) is 6.09. The molecule has 0 N–H and O–H groups in total. The molecule has 2 rings (SSSR count). The summed E-state index contributed by atoms with van der Waals surface area (Å²) in [7, 11) is 4.44. The second kappa shape index (κ2) is 9.25. The molecule has 1 saturated carbocycles. The average Bonchev–Trinajstić information content (AvgIpc) is 3.08. The maximum absolute atomic E-state index is 12.8. The lowest BCUT2D eigenvalue weighted by atomic mass is 9.79. The van der Waals surface area contributed by atoms with Crippen molar-refractivity contribution in [2.45, 2.75) is 57.1 Å². The van der Waals surface area contributed by atoms with Gasteiger partial charge in [-0.15, -0.1) is 11.3 Å². The fourth-order valence-electron chi connectivity index (χ4n) is 3.51. The molecule has 0 aliphatic heterocycles. The van der Waals surface area contributed by atoms with Crippen LogP contribution in [0.25, 0.3) is 0 Å². The van der Waals surface area contributed by atoms with E-state index in [9.17, 15) is 4.79 Å². The van der Waals surface area contributed by atoms with E-state index in [2.05, 4.69) is 39.4 Å². The highest BCUT2D eigenvalue weighted by molar-refractivity contribution is 7.95. The third kappa shape index (κ3) is 5.78. The van der Waals surface area contributed by atoms with Gasteiger partial charge < -0.3 is 8.67 Å². The summed E-state index contributed by atoms with van der Waals surface area (Å²) in [5, 5.41) is 2.37. The van der Waals surface area contributed by atoms with E-state index >= 15 is 0 Å². The van der Waals surface area contributed by atoms with Gasteiger partial charge in [0, 0.05) is 4.88 Å². The molecule has 0 saturated heterocycles. The Balaban J connectivity index is 1.95. The van der Waals surface area contributed by atoms with Crippen LogP contribution in [0.2, 0.25) is 0 Å². The zero-order valence-electron chi connectivity index (χ0n) is 15.5. The summed E-state index contributed by atoms with van der Waals surface area (Å²) >= 11 is 3.04. The fraction of sp³-hybridized carbons (Fsp3) is 0.737. The normalized spacial score (nSPS) is 19.0. The number of hydrogen-bond donors (Lipinski definition) is 0. The van der Waals surface area contributed by atoms with Crippen LogP contribution in [0.4, 0.5) is 0 Å². The maximum Gasteiger partial charge on any atom is 0.326 e. The number of carbonyl (C=O) groups is 1. The largest absolute Gasteiger partial charge is 0.390 e. The van der Waals surface area contributed by atoms with Crippen LogP contribution in [0.5, 0.6) is 0 Å². The third-order valence-corrected chi connectivity index (χ3v) is 6.82. The van der Waals surface area contributed by atoms with Gasteiger partial charge >= 0.3 is 5.97 Å². The van der Waals surface area contributed by atoms with Gasteiger partial charge in [-0.1, -0.05) is 25.3 Å². The number of nitrogens with zero attached hydrogens (tertiary/aromatic N) is 1. The Hall–Kier alpha value is -0.520. The molecule has 0 radical (unpaired) electrons. The van der Waals surface area contributed by atoms with Crippen LogP contribution in [0.15, 0.2) is 17.5 Å². The predicted molar refractivity (Wildman–Crippen MR) is 104 cm³/mol. The molecule has 5 heteroatoms. The lowest BCUT2D eigenvalue weighted by molar-refractivity contribution is -0.887. The minimum absolute atomic E-state index is 0.0389. The smallest absolute Gasteiger partial charge is 0.326 e. The van der Waals surface area contributed by atoms with Gasteiger partial charge in [0.05, 0.1) is 50.4 Å². The van der Waals surface area contributed by atoms with Crippen molar-refractivity contribution in [3.63, 3.8) is 0 Å². The molecule has 1 heterocycles. The number of thiophene rings is 1. The molecule has 0 bridgehead atoms. The summed E-state index contributed by atoms with van der Waals surface area (Å²) in [4.78, 5) is 14.0. The highest BCUT2D eigenvalue weighted by atomic mass is 32.2. The van der Waals surface area contributed by atoms with Crippen LogP contribution in [0.1, 0.15) is 56.7 Å². The third-order valence-electron chi connectivity index (χ3n) is 5.13. The van der Waals surface area contributed by atoms with Gasteiger partial charge in [-0.25, -0.2) is 0 Å². The van der Waals surface area contributed by atoms with Crippen LogP contribution < -0.4 is 0 Å². The van der Waals surface area contributed by atoms with Crippen molar-refractivity contribution in [1.82, 2.24) is 0 Å². The molecule has 24 heavy (non-hydrogen) atoms. The number of carbonyl (C=O) groups excluding carboxylic acids is 1. The van der Waals surface area contributed by atoms with Gasteiger partial charge in [0.1, 0.15) is 0 Å². The molecule has 1 aromatic heterocycles. The Labute approximate surface area is 155 Å². The average molecular weight is 371 g/mol. The number of quaternary nitrogens is 1. The van der Waals surface area contributed by atoms with Crippen LogP contribution in [-0.2, 0) is 8.98 Å². The fourth-order valence-corrected chi connectivity index (χ4v) is 5.25. The van der Waals surface area contributed by atoms with Crippen molar-refractivity contribution < 1.29 is 13.5 Å². The highest BCUT2D eigenvalue weighted by Gasteiger charge is 2.34. The topological polar surface area (TPSA) is 26.3 Å². The molecular weight excluding hydrogens is 338 g/mol. The van der Waals surface area contributed by atoms with Crippen molar-refractivity contribution in [2.24, 2.45) is 5.92 Å². The second-order valence-electron chi connectivity index (χ2n) is 7.63. The van der Waals surface area contributed by atoms with E-state index in [0.29, 0.717) is 11.2 Å². The summed E-state index contributed by atoms with van der Waals surface area (Å²) in [6, 6.07) is 4.14. The van der Waals surface area contributed by atoms with E-state index in [1.165, 1.54) is 36.2 Å². The van der Waals surface area contributed by atoms with Gasteiger partial charge in [0.15, 0.2) is 0 Å². The van der Waals surface area contributed by atoms with Crippen molar-refractivity contribution in [3.05, 3.63) is 22.4 Å². The van der Waals surface area contributed by atoms with E-state index in [1.807, 2.05) is 6.07 Å². The molecular formula is C19H32NO2S2+. The van der Waals surface area contributed by atoms with Gasteiger partial charge in [-0.3, -0.25) is 4.79 Å². The minimum atomic E-state index is -0.0707. The molecule has 0 spiro atoms. The second-order valence-corrected chi connectivity index (χ2v) is 9.78. The first kappa shape index (κ1) is 19.8. The first-order chi connectivity index (χ1) is 11.4. The lowest BCUT2D eigenvalue weighted by Crippen LogP contribution is -2.43. The maximum atomic E-state index is 12.8. The number of hydrogen-bond acceptors (Lipinski definition) is 4. The van der Waals surface area contributed by atoms with Crippen LogP contribution >= 0.6 is 23.4 Å². The lowest BCUT2D eigenvalue weighted by Gasteiger charge is -2.31. The van der Waals surface area contributed by atoms with E-state index < -0.39 is 0 Å². The molecule has 0 amide bonds. The van der Waals surface area contributed by atoms with Crippen molar-refractivity contribution >= 4 is 29.3 Å². The van der Waals surface area contributed by atoms with Crippen molar-refractivity contribution in [2.75, 3.05) is 27.2 Å². The Morgan fingerprint density at radius 2 is 2.08 bits per heavy atom. The van der Waals surface area contributed by atoms with Gasteiger partial charge in [-0.05, 0) is 44.1 Å². The first-order valence-corrected chi connectivity index (χ1v) is 10.8. The highest BCUT2D eigenvalue weighted by Crippen LogP contribution is 2.39. The molecule has 1 fully saturated rings. The molecule has 2 atom stereocenters. The zero-order valence-corrected chi connectivity index (χ0v) is 17.1. The molecule has 136 valence electrons. The van der Waals surface area contributed by atoms with Crippen LogP contribution in [0.3, 0.4) is 0 Å². The molecule has 0 aromatic carbocycles.